The summed E-state index contributed by atoms with van der Waals surface area (Å²) in [5.41, 5.74) is -0.256. The zero-order valence-electron chi connectivity index (χ0n) is 12.4. The van der Waals surface area contributed by atoms with Crippen LogP contribution in [-0.2, 0) is 0 Å². The van der Waals surface area contributed by atoms with Gasteiger partial charge in [-0.2, -0.15) is 5.26 Å². The monoisotopic (exact) mass is 247 g/mol. The fourth-order valence-corrected chi connectivity index (χ4v) is 1.95. The van der Waals surface area contributed by atoms with Crippen molar-refractivity contribution >= 4 is 0 Å². The molecule has 1 aliphatic heterocycles. The normalized spacial score (nSPS) is 18.9. The fraction of sp³-hybridized carbons (Fsp3) is 0.800. The van der Waals surface area contributed by atoms with Crippen molar-refractivity contribution in [3.8, 4) is 17.9 Å². The summed E-state index contributed by atoms with van der Waals surface area (Å²) in [7, 11) is 0. The van der Waals surface area contributed by atoms with Crippen LogP contribution in [0.5, 0.6) is 0 Å². The molecule has 0 unspecified atom stereocenters. The van der Waals surface area contributed by atoms with Crippen molar-refractivity contribution in [1.29, 1.82) is 5.26 Å². The summed E-state index contributed by atoms with van der Waals surface area (Å²) >= 11 is 0. The van der Waals surface area contributed by atoms with Crippen molar-refractivity contribution in [1.82, 2.24) is 9.80 Å². The van der Waals surface area contributed by atoms with Crippen LogP contribution in [0.25, 0.3) is 0 Å². The van der Waals surface area contributed by atoms with Gasteiger partial charge in [-0.05, 0) is 34.6 Å². The van der Waals surface area contributed by atoms with Crippen LogP contribution in [0.2, 0.25) is 0 Å². The summed E-state index contributed by atoms with van der Waals surface area (Å²) in [6.07, 6.45) is 0. The molecule has 0 atom stereocenters. The van der Waals surface area contributed by atoms with Crippen molar-refractivity contribution in [3.63, 3.8) is 0 Å². The molecule has 0 aromatic heterocycles. The maximum absolute atomic E-state index is 9.12. The Morgan fingerprint density at radius 3 is 2.00 bits per heavy atom. The van der Waals surface area contributed by atoms with Gasteiger partial charge in [0.15, 0.2) is 0 Å². The molecule has 100 valence electrons. The Morgan fingerprint density at radius 2 is 1.56 bits per heavy atom. The zero-order valence-corrected chi connectivity index (χ0v) is 12.4. The average Bonchev–Trinajstić information content (AvgIpc) is 2.28. The van der Waals surface area contributed by atoms with Crippen LogP contribution in [0.3, 0.4) is 0 Å². The largest absolute Gasteiger partial charge is 0.290 e. The fourth-order valence-electron chi connectivity index (χ4n) is 1.95. The van der Waals surface area contributed by atoms with Gasteiger partial charge in [0, 0.05) is 31.6 Å². The SMILES string of the molecule is CC(C)(C)C#CCN1CCN(C(C)(C)C#N)CC1. The lowest BCUT2D eigenvalue weighted by Crippen LogP contribution is -2.54. The molecule has 0 aromatic rings. The van der Waals surface area contributed by atoms with Crippen LogP contribution in [0, 0.1) is 28.6 Å². The van der Waals surface area contributed by atoms with E-state index >= 15 is 0 Å². The second kappa shape index (κ2) is 5.74. The third kappa shape index (κ3) is 4.69. The van der Waals surface area contributed by atoms with Gasteiger partial charge in [-0.15, -0.1) is 0 Å². The van der Waals surface area contributed by atoms with E-state index in [1.54, 1.807) is 0 Å². The van der Waals surface area contributed by atoms with Crippen molar-refractivity contribution < 1.29 is 0 Å². The summed E-state index contributed by atoms with van der Waals surface area (Å²) in [4.78, 5) is 4.61. The average molecular weight is 247 g/mol. The Hall–Kier alpha value is -1.03. The molecular formula is C15H25N3. The first-order valence-corrected chi connectivity index (χ1v) is 6.63. The van der Waals surface area contributed by atoms with Gasteiger partial charge in [0.05, 0.1) is 12.6 Å². The molecule has 0 saturated carbocycles. The Bertz CT molecular complexity index is 365. The highest BCUT2D eigenvalue weighted by Gasteiger charge is 2.29. The minimum absolute atomic E-state index is 0.0879. The number of piperazine rings is 1. The summed E-state index contributed by atoms with van der Waals surface area (Å²) in [5, 5.41) is 9.12. The molecule has 3 nitrogen and oxygen atoms in total. The number of nitrogens with zero attached hydrogens (tertiary/aromatic N) is 3. The number of hydrogen-bond donors (Lipinski definition) is 0. The Labute approximate surface area is 112 Å². The molecule has 0 aliphatic carbocycles. The first-order valence-electron chi connectivity index (χ1n) is 6.63. The van der Waals surface area contributed by atoms with Crippen LogP contribution < -0.4 is 0 Å². The third-order valence-corrected chi connectivity index (χ3v) is 3.20. The maximum atomic E-state index is 9.12. The van der Waals surface area contributed by atoms with E-state index in [0.717, 1.165) is 32.7 Å². The Balaban J connectivity index is 2.41. The van der Waals surface area contributed by atoms with Crippen molar-refractivity contribution in [3.05, 3.63) is 0 Å². The molecule has 0 radical (unpaired) electrons. The first kappa shape index (κ1) is 15.0. The summed E-state index contributed by atoms with van der Waals surface area (Å²) in [5.74, 6) is 6.52. The molecule has 18 heavy (non-hydrogen) atoms. The number of rotatable bonds is 2. The van der Waals surface area contributed by atoms with Crippen molar-refractivity contribution in [2.45, 2.75) is 40.2 Å². The van der Waals surface area contributed by atoms with Crippen LogP contribution in [0.4, 0.5) is 0 Å². The molecule has 1 rings (SSSR count). The number of nitriles is 1. The van der Waals surface area contributed by atoms with E-state index < -0.39 is 0 Å². The molecular weight excluding hydrogens is 222 g/mol. The topological polar surface area (TPSA) is 30.3 Å². The molecule has 1 heterocycles. The van der Waals surface area contributed by atoms with Gasteiger partial charge < -0.3 is 0 Å². The Kier molecular flexibility index (Phi) is 4.79. The Morgan fingerprint density at radius 1 is 1.00 bits per heavy atom. The summed E-state index contributed by atoms with van der Waals surface area (Å²) in [6, 6.07) is 2.37. The predicted molar refractivity (Wildman–Crippen MR) is 74.9 cm³/mol. The van der Waals surface area contributed by atoms with E-state index in [1.165, 1.54) is 0 Å². The molecule has 1 fully saturated rings. The minimum atomic E-state index is -0.344. The second-order valence-corrected chi connectivity index (χ2v) is 6.49. The molecule has 0 aromatic carbocycles. The van der Waals surface area contributed by atoms with Gasteiger partial charge in [-0.25, -0.2) is 0 Å². The zero-order chi connectivity index (χ0) is 13.8. The molecule has 1 saturated heterocycles. The minimum Gasteiger partial charge on any atom is -0.290 e. The summed E-state index contributed by atoms with van der Waals surface area (Å²) in [6.45, 7) is 15.1. The van der Waals surface area contributed by atoms with Gasteiger partial charge in [0.2, 0.25) is 0 Å². The van der Waals surface area contributed by atoms with Gasteiger partial charge in [-0.3, -0.25) is 9.80 Å². The van der Waals surface area contributed by atoms with Gasteiger partial charge in [0.25, 0.3) is 0 Å². The van der Waals surface area contributed by atoms with E-state index in [1.807, 2.05) is 13.8 Å². The van der Waals surface area contributed by atoms with E-state index in [9.17, 15) is 0 Å². The molecule has 0 bridgehead atoms. The lowest BCUT2D eigenvalue weighted by atomic mass is 9.98. The van der Waals surface area contributed by atoms with E-state index in [-0.39, 0.29) is 11.0 Å². The highest BCUT2D eigenvalue weighted by molar-refractivity contribution is 5.09. The highest BCUT2D eigenvalue weighted by Crippen LogP contribution is 2.15. The van der Waals surface area contributed by atoms with Gasteiger partial charge >= 0.3 is 0 Å². The van der Waals surface area contributed by atoms with Crippen LogP contribution in [-0.4, -0.2) is 48.1 Å². The van der Waals surface area contributed by atoms with Crippen LogP contribution in [0.1, 0.15) is 34.6 Å². The third-order valence-electron chi connectivity index (χ3n) is 3.20. The first-order chi connectivity index (χ1) is 8.24. The molecule has 0 spiro atoms. The second-order valence-electron chi connectivity index (χ2n) is 6.49. The molecule has 3 heteroatoms. The lowest BCUT2D eigenvalue weighted by Gasteiger charge is -2.39. The maximum Gasteiger partial charge on any atom is 0.103 e. The van der Waals surface area contributed by atoms with Gasteiger partial charge in [0.1, 0.15) is 5.54 Å². The summed E-state index contributed by atoms with van der Waals surface area (Å²) < 4.78 is 0. The quantitative estimate of drug-likeness (QED) is 0.699. The van der Waals surface area contributed by atoms with E-state index in [2.05, 4.69) is 48.5 Å². The standard InChI is InChI=1S/C15H25N3/c1-14(2,3)7-6-8-17-9-11-18(12-10-17)15(4,5)13-16/h8-12H2,1-5H3. The van der Waals surface area contributed by atoms with Gasteiger partial charge in [-0.1, -0.05) is 11.8 Å². The highest BCUT2D eigenvalue weighted by atomic mass is 15.3. The smallest absolute Gasteiger partial charge is 0.103 e. The molecule has 0 N–H and O–H groups in total. The van der Waals surface area contributed by atoms with Crippen molar-refractivity contribution in [2.24, 2.45) is 5.41 Å². The predicted octanol–water partition coefficient (Wildman–Crippen LogP) is 1.96. The van der Waals surface area contributed by atoms with Crippen LogP contribution in [0.15, 0.2) is 0 Å². The van der Waals surface area contributed by atoms with E-state index in [4.69, 9.17) is 5.26 Å². The number of hydrogen-bond acceptors (Lipinski definition) is 3. The molecule has 0 amide bonds. The van der Waals surface area contributed by atoms with Crippen molar-refractivity contribution in [2.75, 3.05) is 32.7 Å². The lowest BCUT2D eigenvalue weighted by molar-refractivity contribution is 0.0872. The molecule has 1 aliphatic rings. The van der Waals surface area contributed by atoms with Crippen LogP contribution >= 0.6 is 0 Å². The van der Waals surface area contributed by atoms with E-state index in [0.29, 0.717) is 0 Å².